The van der Waals surface area contributed by atoms with Crippen molar-refractivity contribution < 1.29 is 18.0 Å². The lowest BCUT2D eigenvalue weighted by atomic mass is 10.1. The Morgan fingerprint density at radius 3 is 2.52 bits per heavy atom. The van der Waals surface area contributed by atoms with Crippen LogP contribution in [-0.4, -0.2) is 53.9 Å². The molecular weight excluding hydrogens is 449 g/mol. The van der Waals surface area contributed by atoms with Crippen LogP contribution in [0, 0.1) is 0 Å². The molecule has 0 atom stereocenters. The second kappa shape index (κ2) is 10.0. The van der Waals surface area contributed by atoms with Gasteiger partial charge >= 0.3 is 6.18 Å². The fourth-order valence-corrected chi connectivity index (χ4v) is 4.52. The summed E-state index contributed by atoms with van der Waals surface area (Å²) < 4.78 is 38.0. The SMILES string of the molecule is CN1CCN(Cc2cccc(-c3nc(CC(=O)Nc4ccc(C(F)(F)F)cc4)cs3)c2)CC1. The number of nitrogens with zero attached hydrogens (tertiary/aromatic N) is 3. The molecule has 5 nitrogen and oxygen atoms in total. The van der Waals surface area contributed by atoms with Crippen LogP contribution < -0.4 is 5.32 Å². The molecule has 0 spiro atoms. The first-order valence-corrected chi connectivity index (χ1v) is 11.6. The van der Waals surface area contributed by atoms with Crippen molar-refractivity contribution in [2.45, 2.75) is 19.1 Å². The Balaban J connectivity index is 1.35. The zero-order valence-electron chi connectivity index (χ0n) is 18.2. The van der Waals surface area contributed by atoms with Crippen LogP contribution in [0.15, 0.2) is 53.9 Å². The number of nitrogens with one attached hydrogen (secondary N) is 1. The maximum atomic E-state index is 12.7. The molecule has 1 N–H and O–H groups in total. The van der Waals surface area contributed by atoms with Crippen LogP contribution in [0.3, 0.4) is 0 Å². The number of hydrogen-bond acceptors (Lipinski definition) is 5. The number of halogens is 3. The monoisotopic (exact) mass is 474 g/mol. The number of alkyl halides is 3. The van der Waals surface area contributed by atoms with Crippen molar-refractivity contribution in [2.24, 2.45) is 0 Å². The highest BCUT2D eigenvalue weighted by molar-refractivity contribution is 7.13. The van der Waals surface area contributed by atoms with Gasteiger partial charge in [-0.2, -0.15) is 13.2 Å². The predicted molar refractivity (Wildman–Crippen MR) is 124 cm³/mol. The van der Waals surface area contributed by atoms with Crippen LogP contribution in [0.5, 0.6) is 0 Å². The number of rotatable bonds is 6. The van der Waals surface area contributed by atoms with E-state index in [4.69, 9.17) is 0 Å². The number of benzene rings is 2. The third-order valence-electron chi connectivity index (χ3n) is 5.57. The summed E-state index contributed by atoms with van der Waals surface area (Å²) in [6.07, 6.45) is -4.35. The molecular formula is C24H25F3N4OS. The number of hydrogen-bond donors (Lipinski definition) is 1. The number of piperazine rings is 1. The average Bonchev–Trinajstić information content (AvgIpc) is 3.24. The van der Waals surface area contributed by atoms with Crippen LogP contribution in [0.4, 0.5) is 18.9 Å². The van der Waals surface area contributed by atoms with Gasteiger partial charge in [-0.3, -0.25) is 9.69 Å². The molecule has 1 aliphatic heterocycles. The molecule has 174 valence electrons. The minimum atomic E-state index is -4.40. The van der Waals surface area contributed by atoms with Crippen LogP contribution in [0.2, 0.25) is 0 Å². The number of carbonyl (C=O) groups is 1. The van der Waals surface area contributed by atoms with Crippen molar-refractivity contribution in [1.29, 1.82) is 0 Å². The Bertz CT molecular complexity index is 1090. The number of likely N-dealkylation sites (N-methyl/N-ethyl adjacent to an activating group) is 1. The third-order valence-corrected chi connectivity index (χ3v) is 6.51. The molecule has 3 aromatic rings. The van der Waals surface area contributed by atoms with Gasteiger partial charge in [-0.05, 0) is 42.9 Å². The number of amides is 1. The molecule has 1 aromatic heterocycles. The fraction of sp³-hybridized carbons (Fsp3) is 0.333. The fourth-order valence-electron chi connectivity index (χ4n) is 3.70. The number of anilines is 1. The smallest absolute Gasteiger partial charge is 0.326 e. The van der Waals surface area contributed by atoms with Crippen LogP contribution in [-0.2, 0) is 23.9 Å². The van der Waals surface area contributed by atoms with Crippen molar-refractivity contribution in [2.75, 3.05) is 38.5 Å². The first-order chi connectivity index (χ1) is 15.8. The van der Waals surface area contributed by atoms with E-state index in [-0.39, 0.29) is 12.3 Å². The highest BCUT2D eigenvalue weighted by atomic mass is 32.1. The number of aromatic nitrogens is 1. The maximum absolute atomic E-state index is 12.7. The van der Waals surface area contributed by atoms with E-state index in [1.807, 2.05) is 17.5 Å². The van der Waals surface area contributed by atoms with Crippen molar-refractivity contribution >= 4 is 22.9 Å². The Morgan fingerprint density at radius 2 is 1.82 bits per heavy atom. The topological polar surface area (TPSA) is 48.5 Å². The lowest BCUT2D eigenvalue weighted by molar-refractivity contribution is -0.137. The van der Waals surface area contributed by atoms with E-state index in [0.717, 1.165) is 55.4 Å². The van der Waals surface area contributed by atoms with E-state index < -0.39 is 11.7 Å². The van der Waals surface area contributed by atoms with Gasteiger partial charge in [0.05, 0.1) is 17.7 Å². The van der Waals surface area contributed by atoms with Gasteiger partial charge in [0.1, 0.15) is 5.01 Å². The summed E-state index contributed by atoms with van der Waals surface area (Å²) in [7, 11) is 2.14. The van der Waals surface area contributed by atoms with Gasteiger partial charge < -0.3 is 10.2 Å². The van der Waals surface area contributed by atoms with Gasteiger partial charge in [-0.1, -0.05) is 18.2 Å². The Morgan fingerprint density at radius 1 is 1.09 bits per heavy atom. The van der Waals surface area contributed by atoms with Gasteiger partial charge in [0.25, 0.3) is 0 Å². The summed E-state index contributed by atoms with van der Waals surface area (Å²) >= 11 is 1.47. The Hall–Kier alpha value is -2.75. The van der Waals surface area contributed by atoms with Gasteiger partial charge in [0.15, 0.2) is 0 Å². The molecule has 0 aliphatic carbocycles. The van der Waals surface area contributed by atoms with E-state index in [2.05, 4.69) is 39.3 Å². The second-order valence-electron chi connectivity index (χ2n) is 8.22. The quantitative estimate of drug-likeness (QED) is 0.560. The highest BCUT2D eigenvalue weighted by Gasteiger charge is 2.30. The summed E-state index contributed by atoms with van der Waals surface area (Å²) in [6, 6.07) is 12.7. The summed E-state index contributed by atoms with van der Waals surface area (Å²) in [4.78, 5) is 21.7. The van der Waals surface area contributed by atoms with Crippen molar-refractivity contribution in [1.82, 2.24) is 14.8 Å². The standard InChI is InChI=1S/C24H25F3N4OS/c1-30-9-11-31(12-10-30)15-17-3-2-4-18(13-17)23-29-21(16-33-23)14-22(32)28-20-7-5-19(6-8-20)24(25,26)27/h2-8,13,16H,9-12,14-15H2,1H3,(H,28,32). The average molecular weight is 475 g/mol. The molecule has 2 aromatic carbocycles. The first kappa shape index (κ1) is 23.4. The van der Waals surface area contributed by atoms with Crippen molar-refractivity contribution in [3.8, 4) is 10.6 Å². The van der Waals surface area contributed by atoms with Crippen LogP contribution in [0.1, 0.15) is 16.8 Å². The highest BCUT2D eigenvalue weighted by Crippen LogP contribution is 2.30. The van der Waals surface area contributed by atoms with Crippen LogP contribution >= 0.6 is 11.3 Å². The molecule has 1 amide bonds. The molecule has 0 bridgehead atoms. The van der Waals surface area contributed by atoms with Crippen LogP contribution in [0.25, 0.3) is 10.6 Å². The number of thiazole rings is 1. The lowest BCUT2D eigenvalue weighted by Gasteiger charge is -2.32. The molecule has 0 radical (unpaired) electrons. The molecule has 33 heavy (non-hydrogen) atoms. The minimum Gasteiger partial charge on any atom is -0.326 e. The molecule has 0 unspecified atom stereocenters. The van der Waals surface area contributed by atoms with E-state index in [1.54, 1.807) is 0 Å². The van der Waals surface area contributed by atoms with E-state index in [1.165, 1.54) is 29.0 Å². The lowest BCUT2D eigenvalue weighted by Crippen LogP contribution is -2.43. The number of carbonyl (C=O) groups excluding carboxylic acids is 1. The first-order valence-electron chi connectivity index (χ1n) is 10.7. The normalized spacial score (nSPS) is 15.5. The zero-order chi connectivity index (χ0) is 23.4. The van der Waals surface area contributed by atoms with Gasteiger partial charge in [0, 0.05) is 49.4 Å². The summed E-state index contributed by atoms with van der Waals surface area (Å²) in [6.45, 7) is 5.15. The molecule has 1 fully saturated rings. The Kier molecular flexibility index (Phi) is 7.11. The Labute approximate surface area is 194 Å². The van der Waals surface area contributed by atoms with Gasteiger partial charge in [-0.15, -0.1) is 11.3 Å². The molecule has 0 saturated carbocycles. The summed E-state index contributed by atoms with van der Waals surface area (Å²) in [5.74, 6) is -0.324. The molecule has 1 saturated heterocycles. The third kappa shape index (κ3) is 6.40. The largest absolute Gasteiger partial charge is 0.416 e. The minimum absolute atomic E-state index is 0.0541. The zero-order valence-corrected chi connectivity index (χ0v) is 19.0. The summed E-state index contributed by atoms with van der Waals surface area (Å²) in [5, 5.41) is 5.31. The predicted octanol–water partition coefficient (Wildman–Crippen LogP) is 4.76. The van der Waals surface area contributed by atoms with E-state index in [0.29, 0.717) is 11.4 Å². The molecule has 2 heterocycles. The maximum Gasteiger partial charge on any atom is 0.416 e. The van der Waals surface area contributed by atoms with E-state index in [9.17, 15) is 18.0 Å². The van der Waals surface area contributed by atoms with Crippen molar-refractivity contribution in [3.63, 3.8) is 0 Å². The van der Waals surface area contributed by atoms with Gasteiger partial charge in [0.2, 0.25) is 5.91 Å². The second-order valence-corrected chi connectivity index (χ2v) is 9.08. The molecule has 1 aliphatic rings. The van der Waals surface area contributed by atoms with Crippen molar-refractivity contribution in [3.05, 3.63) is 70.7 Å². The molecule has 9 heteroatoms. The van der Waals surface area contributed by atoms with E-state index >= 15 is 0 Å². The molecule has 4 rings (SSSR count). The summed E-state index contributed by atoms with van der Waals surface area (Å²) in [5.41, 5.74) is 2.44. The van der Waals surface area contributed by atoms with Gasteiger partial charge in [-0.25, -0.2) is 4.98 Å².